The summed E-state index contributed by atoms with van der Waals surface area (Å²) < 4.78 is 2.18. The molecule has 1 aliphatic heterocycles. The Kier molecular flexibility index (Phi) is 5.51. The molecule has 0 spiro atoms. The molecule has 4 rings (SSSR count). The van der Waals surface area contributed by atoms with Crippen LogP contribution in [0.1, 0.15) is 11.3 Å². The Bertz CT molecular complexity index is 906. The Morgan fingerprint density at radius 3 is 3.11 bits per heavy atom. The number of aromatic nitrogens is 3. The number of nitrogens with two attached hydrogens (primary N) is 1. The van der Waals surface area contributed by atoms with Gasteiger partial charge in [0.1, 0.15) is 5.52 Å². The van der Waals surface area contributed by atoms with Crippen molar-refractivity contribution in [2.24, 2.45) is 5.73 Å². The van der Waals surface area contributed by atoms with E-state index in [0.717, 1.165) is 56.3 Å². The summed E-state index contributed by atoms with van der Waals surface area (Å²) in [6.07, 6.45) is 2.91. The monoisotopic (exact) mass is 401 g/mol. The molecule has 0 bridgehead atoms. The number of thiophene rings is 1. The fourth-order valence-electron chi connectivity index (χ4n) is 3.45. The second-order valence-corrected chi connectivity index (χ2v) is 8.14. The number of thiocarbonyl (C=S) groups is 1. The molecule has 0 radical (unpaired) electrons. The van der Waals surface area contributed by atoms with E-state index in [2.05, 4.69) is 42.6 Å². The van der Waals surface area contributed by atoms with Gasteiger partial charge in [-0.1, -0.05) is 6.07 Å². The molecule has 3 aromatic rings. The van der Waals surface area contributed by atoms with Crippen molar-refractivity contribution < 1.29 is 0 Å². The van der Waals surface area contributed by atoms with E-state index < -0.39 is 0 Å². The maximum Gasteiger partial charge on any atom is 0.205 e. The number of imidazole rings is 1. The molecular weight excluding hydrogens is 378 g/mol. The molecule has 1 unspecified atom stereocenters. The summed E-state index contributed by atoms with van der Waals surface area (Å²) in [6, 6.07) is 8.54. The Morgan fingerprint density at radius 1 is 1.37 bits per heavy atom. The van der Waals surface area contributed by atoms with Gasteiger partial charge < -0.3 is 16.4 Å². The van der Waals surface area contributed by atoms with Crippen LogP contribution in [-0.4, -0.2) is 56.8 Å². The van der Waals surface area contributed by atoms with Crippen molar-refractivity contribution in [2.75, 3.05) is 31.5 Å². The van der Waals surface area contributed by atoms with Crippen molar-refractivity contribution in [2.45, 2.75) is 19.0 Å². The van der Waals surface area contributed by atoms with Gasteiger partial charge in [0.2, 0.25) is 5.95 Å². The topological polar surface area (TPSA) is 84.0 Å². The molecule has 9 heteroatoms. The number of fused-ring (bicyclic) bond motifs is 1. The molecule has 1 saturated heterocycles. The SMILES string of the molecule is NC(=S)NCCN1CCC(Nc2nc3cccnc3n2Cc2cccs2)C1. The van der Waals surface area contributed by atoms with E-state index in [1.807, 2.05) is 18.3 Å². The van der Waals surface area contributed by atoms with Crippen molar-refractivity contribution >= 4 is 45.8 Å². The van der Waals surface area contributed by atoms with Crippen molar-refractivity contribution in [1.29, 1.82) is 0 Å². The number of pyridine rings is 1. The molecule has 3 aromatic heterocycles. The molecule has 0 aromatic carbocycles. The number of rotatable bonds is 7. The highest BCUT2D eigenvalue weighted by atomic mass is 32.1. The van der Waals surface area contributed by atoms with Gasteiger partial charge in [0.15, 0.2) is 10.8 Å². The van der Waals surface area contributed by atoms with Crippen LogP contribution < -0.4 is 16.4 Å². The number of nitrogens with zero attached hydrogens (tertiary/aromatic N) is 4. The third-order valence-corrected chi connectivity index (χ3v) is 5.74. The molecule has 27 heavy (non-hydrogen) atoms. The van der Waals surface area contributed by atoms with Crippen LogP contribution in [0, 0.1) is 0 Å². The average Bonchev–Trinajstić information content (AvgIpc) is 3.37. The fraction of sp³-hybridized carbons (Fsp3) is 0.389. The third-order valence-electron chi connectivity index (χ3n) is 4.73. The summed E-state index contributed by atoms with van der Waals surface area (Å²) in [4.78, 5) is 13.0. The van der Waals surface area contributed by atoms with Gasteiger partial charge in [-0.3, -0.25) is 9.47 Å². The highest BCUT2D eigenvalue weighted by molar-refractivity contribution is 7.80. The van der Waals surface area contributed by atoms with Crippen LogP contribution in [0.3, 0.4) is 0 Å². The molecule has 0 amide bonds. The molecular formula is C18H23N7S2. The zero-order valence-corrected chi connectivity index (χ0v) is 16.6. The third kappa shape index (κ3) is 4.37. The van der Waals surface area contributed by atoms with Crippen LogP contribution in [0.2, 0.25) is 0 Å². The lowest BCUT2D eigenvalue weighted by molar-refractivity contribution is 0.341. The lowest BCUT2D eigenvalue weighted by Gasteiger charge is -2.18. The van der Waals surface area contributed by atoms with Gasteiger partial charge in [-0.05, 0) is 42.2 Å². The molecule has 0 saturated carbocycles. The molecule has 1 aliphatic rings. The number of nitrogens with one attached hydrogen (secondary N) is 2. The first-order chi connectivity index (χ1) is 13.2. The predicted octanol–water partition coefficient (Wildman–Crippen LogP) is 1.86. The Labute approximate surface area is 167 Å². The van der Waals surface area contributed by atoms with Gasteiger partial charge in [0, 0.05) is 43.3 Å². The number of likely N-dealkylation sites (tertiary alicyclic amines) is 1. The summed E-state index contributed by atoms with van der Waals surface area (Å²) in [7, 11) is 0. The van der Waals surface area contributed by atoms with Gasteiger partial charge in [-0.25, -0.2) is 9.97 Å². The standard InChI is InChI=1S/C18H23N7S2/c19-17(26)21-7-9-24-8-5-13(11-24)22-18-23-15-4-1-6-20-16(15)25(18)12-14-3-2-10-27-14/h1-4,6,10,13H,5,7-9,11-12H2,(H,22,23)(H3,19,21,26). The van der Waals surface area contributed by atoms with E-state index in [1.54, 1.807) is 11.3 Å². The minimum absolute atomic E-state index is 0.360. The van der Waals surface area contributed by atoms with Gasteiger partial charge in [-0.15, -0.1) is 11.3 Å². The summed E-state index contributed by atoms with van der Waals surface area (Å²) in [5.41, 5.74) is 7.33. The highest BCUT2D eigenvalue weighted by Crippen LogP contribution is 2.23. The summed E-state index contributed by atoms with van der Waals surface area (Å²) in [5, 5.41) is 9.12. The molecule has 0 aliphatic carbocycles. The van der Waals surface area contributed by atoms with Crippen LogP contribution in [0.5, 0.6) is 0 Å². The molecule has 1 fully saturated rings. The van der Waals surface area contributed by atoms with E-state index in [4.69, 9.17) is 22.9 Å². The number of hydrogen-bond acceptors (Lipinski definition) is 6. The zero-order chi connectivity index (χ0) is 18.6. The predicted molar refractivity (Wildman–Crippen MR) is 114 cm³/mol. The highest BCUT2D eigenvalue weighted by Gasteiger charge is 2.24. The normalized spacial score (nSPS) is 17.4. The summed E-state index contributed by atoms with van der Waals surface area (Å²) in [6.45, 7) is 4.53. The number of hydrogen-bond donors (Lipinski definition) is 3. The van der Waals surface area contributed by atoms with Crippen LogP contribution in [0.25, 0.3) is 11.2 Å². The molecule has 142 valence electrons. The van der Waals surface area contributed by atoms with E-state index in [1.165, 1.54) is 4.88 Å². The van der Waals surface area contributed by atoms with Crippen molar-refractivity contribution in [3.05, 3.63) is 40.7 Å². The quantitative estimate of drug-likeness (QED) is 0.521. The van der Waals surface area contributed by atoms with Crippen molar-refractivity contribution in [3.8, 4) is 0 Å². The van der Waals surface area contributed by atoms with Gasteiger partial charge in [0.05, 0.1) is 6.54 Å². The lowest BCUT2D eigenvalue weighted by Crippen LogP contribution is -2.37. The Balaban J connectivity index is 1.46. The van der Waals surface area contributed by atoms with Crippen LogP contribution in [-0.2, 0) is 6.54 Å². The first-order valence-electron chi connectivity index (χ1n) is 9.05. The van der Waals surface area contributed by atoms with Crippen molar-refractivity contribution in [1.82, 2.24) is 24.8 Å². The maximum absolute atomic E-state index is 5.49. The van der Waals surface area contributed by atoms with E-state index in [9.17, 15) is 0 Å². The lowest BCUT2D eigenvalue weighted by atomic mass is 10.3. The van der Waals surface area contributed by atoms with Crippen molar-refractivity contribution in [3.63, 3.8) is 0 Å². The second-order valence-electron chi connectivity index (χ2n) is 6.67. The van der Waals surface area contributed by atoms with Gasteiger partial charge in [0.25, 0.3) is 0 Å². The average molecular weight is 402 g/mol. The second kappa shape index (κ2) is 8.20. The molecule has 4 N–H and O–H groups in total. The zero-order valence-electron chi connectivity index (χ0n) is 15.0. The maximum atomic E-state index is 5.49. The van der Waals surface area contributed by atoms with Gasteiger partial charge in [-0.2, -0.15) is 0 Å². The summed E-state index contributed by atoms with van der Waals surface area (Å²) in [5.74, 6) is 0.894. The van der Waals surface area contributed by atoms with Crippen LogP contribution in [0.15, 0.2) is 35.8 Å². The van der Waals surface area contributed by atoms with Crippen LogP contribution in [0.4, 0.5) is 5.95 Å². The van der Waals surface area contributed by atoms with E-state index >= 15 is 0 Å². The molecule has 7 nitrogen and oxygen atoms in total. The summed E-state index contributed by atoms with van der Waals surface area (Å²) >= 11 is 6.61. The smallest absolute Gasteiger partial charge is 0.205 e. The molecule has 1 atom stereocenters. The largest absolute Gasteiger partial charge is 0.376 e. The Morgan fingerprint density at radius 2 is 2.30 bits per heavy atom. The fourth-order valence-corrected chi connectivity index (χ4v) is 4.24. The number of anilines is 1. The minimum Gasteiger partial charge on any atom is -0.376 e. The van der Waals surface area contributed by atoms with Crippen LogP contribution >= 0.6 is 23.6 Å². The minimum atomic E-state index is 0.360. The first-order valence-corrected chi connectivity index (χ1v) is 10.3. The van der Waals surface area contributed by atoms with E-state index in [-0.39, 0.29) is 0 Å². The van der Waals surface area contributed by atoms with Gasteiger partial charge >= 0.3 is 0 Å². The molecule has 4 heterocycles. The van der Waals surface area contributed by atoms with E-state index in [0.29, 0.717) is 11.2 Å². The Hall–Kier alpha value is -2.23. The first kappa shape index (κ1) is 18.1.